The number of amides is 2. The highest BCUT2D eigenvalue weighted by molar-refractivity contribution is 7.90. The van der Waals surface area contributed by atoms with E-state index in [9.17, 15) is 18.0 Å². The Kier molecular flexibility index (Phi) is 5.18. The highest BCUT2D eigenvalue weighted by Gasteiger charge is 2.45. The van der Waals surface area contributed by atoms with Gasteiger partial charge in [-0.1, -0.05) is 13.8 Å². The maximum Gasteiger partial charge on any atom is 0.248 e. The minimum absolute atomic E-state index is 0.0255. The molecule has 2 amide bonds. The smallest absolute Gasteiger partial charge is 0.248 e. The van der Waals surface area contributed by atoms with Crippen LogP contribution in [0, 0.1) is 0 Å². The zero-order valence-corrected chi connectivity index (χ0v) is 13.4. The summed E-state index contributed by atoms with van der Waals surface area (Å²) in [4.78, 5) is 26.1. The van der Waals surface area contributed by atoms with Crippen LogP contribution in [-0.2, 0) is 19.4 Å². The van der Waals surface area contributed by atoms with E-state index in [0.717, 1.165) is 0 Å². The Morgan fingerprint density at radius 3 is 2.35 bits per heavy atom. The fraction of sp³-hybridized carbons (Fsp3) is 0.846. The molecule has 2 atom stereocenters. The quantitative estimate of drug-likeness (QED) is 0.766. The summed E-state index contributed by atoms with van der Waals surface area (Å²) in [6, 6.07) is -0.498. The summed E-state index contributed by atoms with van der Waals surface area (Å²) < 4.78 is 22.3. The Bertz CT molecular complexity index is 489. The van der Waals surface area contributed by atoms with Gasteiger partial charge in [-0.15, -0.1) is 0 Å². The van der Waals surface area contributed by atoms with Crippen molar-refractivity contribution in [3.05, 3.63) is 0 Å². The lowest BCUT2D eigenvalue weighted by atomic mass is 9.91. The summed E-state index contributed by atoms with van der Waals surface area (Å²) in [6.07, 6.45) is 2.56. The van der Waals surface area contributed by atoms with E-state index in [4.69, 9.17) is 0 Å². The fourth-order valence-electron chi connectivity index (χ4n) is 2.41. The van der Waals surface area contributed by atoms with Crippen LogP contribution in [0.5, 0.6) is 0 Å². The summed E-state index contributed by atoms with van der Waals surface area (Å²) in [7, 11) is -3.05. The van der Waals surface area contributed by atoms with E-state index in [-0.39, 0.29) is 17.6 Å². The minimum atomic E-state index is -3.05. The van der Waals surface area contributed by atoms with E-state index in [2.05, 4.69) is 5.32 Å². The maximum absolute atomic E-state index is 12.5. The normalized spacial score (nSPS) is 27.6. The van der Waals surface area contributed by atoms with E-state index in [1.165, 1.54) is 11.2 Å². The molecule has 116 valence electrons. The predicted octanol–water partition coefficient (Wildman–Crippen LogP) is 0.327. The van der Waals surface area contributed by atoms with Crippen LogP contribution >= 0.6 is 0 Å². The molecule has 0 bridgehead atoms. The van der Waals surface area contributed by atoms with E-state index in [0.29, 0.717) is 25.8 Å². The van der Waals surface area contributed by atoms with Gasteiger partial charge in [-0.3, -0.25) is 9.59 Å². The number of piperazine rings is 1. The summed E-state index contributed by atoms with van der Waals surface area (Å²) >= 11 is 0. The van der Waals surface area contributed by atoms with Crippen molar-refractivity contribution in [1.82, 2.24) is 10.2 Å². The van der Waals surface area contributed by atoms with Crippen LogP contribution < -0.4 is 5.32 Å². The molecular weight excluding hydrogens is 280 g/mol. The van der Waals surface area contributed by atoms with Gasteiger partial charge in [-0.2, -0.15) is 0 Å². The van der Waals surface area contributed by atoms with Gasteiger partial charge in [-0.25, -0.2) is 8.42 Å². The second kappa shape index (κ2) is 6.11. The molecular formula is C13H24N2O4S. The first-order valence-corrected chi connectivity index (χ1v) is 9.01. The molecule has 1 fully saturated rings. The number of carbonyl (C=O) groups is 2. The third kappa shape index (κ3) is 3.71. The number of rotatable bonds is 6. The lowest BCUT2D eigenvalue weighted by Crippen LogP contribution is -2.69. The molecule has 1 heterocycles. The van der Waals surface area contributed by atoms with Gasteiger partial charge < -0.3 is 10.2 Å². The third-order valence-corrected chi connectivity index (χ3v) is 4.85. The van der Waals surface area contributed by atoms with Crippen molar-refractivity contribution in [2.24, 2.45) is 0 Å². The number of carbonyl (C=O) groups excluding carboxylic acids is 2. The lowest BCUT2D eigenvalue weighted by molar-refractivity contribution is -0.154. The van der Waals surface area contributed by atoms with E-state index in [1.807, 2.05) is 13.8 Å². The standard InChI is InChI=1S/C13H24N2O4S/c1-5-10-11(16)14-13(3,6-2)12(17)15(10)8-7-9-20(4,18)19/h10H,5-9H2,1-4H3,(H,14,16). The molecule has 2 unspecified atom stereocenters. The van der Waals surface area contributed by atoms with Crippen LogP contribution in [0.1, 0.15) is 40.0 Å². The van der Waals surface area contributed by atoms with Gasteiger partial charge in [0.25, 0.3) is 0 Å². The topological polar surface area (TPSA) is 83.6 Å². The van der Waals surface area contributed by atoms with Crippen LogP contribution in [0.25, 0.3) is 0 Å². The predicted molar refractivity (Wildman–Crippen MR) is 77.0 cm³/mol. The molecule has 1 saturated heterocycles. The first-order chi connectivity index (χ1) is 9.14. The summed E-state index contributed by atoms with van der Waals surface area (Å²) in [6.45, 7) is 5.70. The Morgan fingerprint density at radius 1 is 1.30 bits per heavy atom. The van der Waals surface area contributed by atoms with E-state index >= 15 is 0 Å². The van der Waals surface area contributed by atoms with Crippen molar-refractivity contribution in [2.45, 2.75) is 51.6 Å². The Morgan fingerprint density at radius 2 is 1.90 bits per heavy atom. The van der Waals surface area contributed by atoms with Gasteiger partial charge in [0.15, 0.2) is 0 Å². The second-order valence-corrected chi connectivity index (χ2v) is 7.84. The monoisotopic (exact) mass is 304 g/mol. The molecule has 20 heavy (non-hydrogen) atoms. The molecule has 0 aromatic heterocycles. The SMILES string of the molecule is CCC1C(=O)NC(C)(CC)C(=O)N1CCCS(C)(=O)=O. The average molecular weight is 304 g/mol. The fourth-order valence-corrected chi connectivity index (χ4v) is 3.06. The number of hydrogen-bond acceptors (Lipinski definition) is 4. The number of hydrogen-bond donors (Lipinski definition) is 1. The number of nitrogens with zero attached hydrogens (tertiary/aromatic N) is 1. The van der Waals surface area contributed by atoms with E-state index in [1.54, 1.807) is 6.92 Å². The highest BCUT2D eigenvalue weighted by atomic mass is 32.2. The molecule has 0 aromatic carbocycles. The van der Waals surface area contributed by atoms with E-state index < -0.39 is 21.4 Å². The Labute approximate surface area is 120 Å². The van der Waals surface area contributed by atoms with Gasteiger partial charge in [-0.05, 0) is 26.2 Å². The first kappa shape index (κ1) is 16.9. The summed E-state index contributed by atoms with van der Waals surface area (Å²) in [5.41, 5.74) is -0.881. The molecule has 0 aromatic rings. The maximum atomic E-state index is 12.5. The first-order valence-electron chi connectivity index (χ1n) is 6.95. The molecule has 1 aliphatic heterocycles. The third-order valence-electron chi connectivity index (χ3n) is 3.82. The zero-order valence-electron chi connectivity index (χ0n) is 12.6. The number of sulfone groups is 1. The molecule has 0 saturated carbocycles. The van der Waals surface area contributed by atoms with Gasteiger partial charge in [0, 0.05) is 12.8 Å². The largest absolute Gasteiger partial charge is 0.340 e. The Balaban J connectivity index is 2.86. The van der Waals surface area contributed by atoms with Crippen LogP contribution in [0.4, 0.5) is 0 Å². The highest BCUT2D eigenvalue weighted by Crippen LogP contribution is 2.23. The van der Waals surface area contributed by atoms with Crippen LogP contribution in [-0.4, -0.2) is 55.3 Å². The van der Waals surface area contributed by atoms with Gasteiger partial charge >= 0.3 is 0 Å². The minimum Gasteiger partial charge on any atom is -0.340 e. The van der Waals surface area contributed by atoms with Crippen molar-refractivity contribution >= 4 is 21.7 Å². The van der Waals surface area contributed by atoms with Gasteiger partial charge in [0.05, 0.1) is 5.75 Å². The average Bonchev–Trinajstić information content (AvgIpc) is 2.34. The van der Waals surface area contributed by atoms with Crippen LogP contribution in [0.3, 0.4) is 0 Å². The molecule has 1 aliphatic rings. The van der Waals surface area contributed by atoms with Gasteiger partial charge in [0.2, 0.25) is 11.8 Å². The molecule has 0 spiro atoms. The molecule has 0 radical (unpaired) electrons. The van der Waals surface area contributed by atoms with Crippen molar-refractivity contribution in [1.29, 1.82) is 0 Å². The summed E-state index contributed by atoms with van der Waals surface area (Å²) in [5.74, 6) is -0.256. The number of nitrogens with one attached hydrogen (secondary N) is 1. The molecule has 1 rings (SSSR count). The van der Waals surface area contributed by atoms with Crippen molar-refractivity contribution in [2.75, 3.05) is 18.6 Å². The van der Waals surface area contributed by atoms with Crippen molar-refractivity contribution in [3.63, 3.8) is 0 Å². The second-order valence-electron chi connectivity index (χ2n) is 5.58. The van der Waals surface area contributed by atoms with Crippen LogP contribution in [0.15, 0.2) is 0 Å². The van der Waals surface area contributed by atoms with Crippen molar-refractivity contribution in [3.8, 4) is 0 Å². The van der Waals surface area contributed by atoms with Crippen LogP contribution in [0.2, 0.25) is 0 Å². The molecule has 1 N–H and O–H groups in total. The summed E-state index contributed by atoms with van der Waals surface area (Å²) in [5, 5.41) is 2.78. The van der Waals surface area contributed by atoms with Gasteiger partial charge in [0.1, 0.15) is 21.4 Å². The lowest BCUT2D eigenvalue weighted by Gasteiger charge is -2.44. The molecule has 6 nitrogen and oxygen atoms in total. The molecule has 7 heteroatoms. The Hall–Kier alpha value is -1.11. The molecule has 0 aliphatic carbocycles. The van der Waals surface area contributed by atoms with Crippen molar-refractivity contribution < 1.29 is 18.0 Å². The zero-order chi connectivity index (χ0) is 15.6.